The second kappa shape index (κ2) is 8.66. The van der Waals surface area contributed by atoms with Gasteiger partial charge in [0, 0.05) is 36.8 Å². The SMILES string of the molecule is CC1CCN(c2nc(-c3cccc(F)c3)ccc2C(=O)NS(=O)(=O)N2CC[C@H](N)C2)C1(C)C. The normalized spacial score (nSPS) is 23.1. The van der Waals surface area contributed by atoms with Gasteiger partial charge in [-0.15, -0.1) is 0 Å². The first-order valence-electron chi connectivity index (χ1n) is 11.1. The van der Waals surface area contributed by atoms with Gasteiger partial charge in [0.2, 0.25) is 0 Å². The van der Waals surface area contributed by atoms with E-state index in [4.69, 9.17) is 10.7 Å². The molecule has 1 amide bonds. The monoisotopic (exact) mass is 475 g/mol. The van der Waals surface area contributed by atoms with Crippen LogP contribution in [0.5, 0.6) is 0 Å². The summed E-state index contributed by atoms with van der Waals surface area (Å²) < 4.78 is 42.7. The molecule has 2 saturated heterocycles. The van der Waals surface area contributed by atoms with Crippen molar-refractivity contribution in [1.82, 2.24) is 14.0 Å². The number of anilines is 1. The first-order valence-corrected chi connectivity index (χ1v) is 12.6. The molecule has 0 spiro atoms. The zero-order chi connectivity index (χ0) is 24.0. The van der Waals surface area contributed by atoms with Gasteiger partial charge in [-0.2, -0.15) is 12.7 Å². The van der Waals surface area contributed by atoms with Gasteiger partial charge in [0.25, 0.3) is 5.91 Å². The fourth-order valence-electron chi connectivity index (χ4n) is 4.46. The summed E-state index contributed by atoms with van der Waals surface area (Å²) in [6, 6.07) is 9.00. The number of pyridine rings is 1. The van der Waals surface area contributed by atoms with Gasteiger partial charge in [-0.1, -0.05) is 19.1 Å². The fraction of sp³-hybridized carbons (Fsp3) is 0.478. The number of benzene rings is 1. The minimum atomic E-state index is -4.03. The largest absolute Gasteiger partial charge is 0.351 e. The minimum Gasteiger partial charge on any atom is -0.351 e. The molecule has 0 bridgehead atoms. The van der Waals surface area contributed by atoms with E-state index in [2.05, 4.69) is 25.5 Å². The minimum absolute atomic E-state index is 0.157. The predicted molar refractivity (Wildman–Crippen MR) is 125 cm³/mol. The summed E-state index contributed by atoms with van der Waals surface area (Å²) in [5, 5.41) is 0. The summed E-state index contributed by atoms with van der Waals surface area (Å²) in [6.45, 7) is 7.39. The molecule has 3 heterocycles. The van der Waals surface area contributed by atoms with Gasteiger partial charge in [-0.05, 0) is 56.9 Å². The van der Waals surface area contributed by atoms with Gasteiger partial charge < -0.3 is 10.6 Å². The highest BCUT2D eigenvalue weighted by Crippen LogP contribution is 2.39. The number of nitrogens with zero attached hydrogens (tertiary/aromatic N) is 3. The van der Waals surface area contributed by atoms with E-state index in [0.717, 1.165) is 6.42 Å². The van der Waals surface area contributed by atoms with Crippen molar-refractivity contribution in [2.75, 3.05) is 24.5 Å². The average Bonchev–Trinajstić information content (AvgIpc) is 3.30. The van der Waals surface area contributed by atoms with E-state index >= 15 is 0 Å². The molecule has 0 saturated carbocycles. The van der Waals surface area contributed by atoms with Crippen LogP contribution in [0.4, 0.5) is 10.2 Å². The number of hydrogen-bond donors (Lipinski definition) is 2. The molecule has 10 heteroatoms. The van der Waals surface area contributed by atoms with Gasteiger partial charge in [-0.25, -0.2) is 14.1 Å². The first-order chi connectivity index (χ1) is 15.5. The molecule has 1 aromatic heterocycles. The molecular formula is C23H30FN5O3S. The maximum Gasteiger partial charge on any atom is 0.304 e. The summed E-state index contributed by atoms with van der Waals surface area (Å²) in [7, 11) is -4.03. The molecule has 8 nitrogen and oxygen atoms in total. The molecule has 2 aliphatic heterocycles. The van der Waals surface area contributed by atoms with Crippen LogP contribution in [0.25, 0.3) is 11.3 Å². The highest BCUT2D eigenvalue weighted by atomic mass is 32.2. The summed E-state index contributed by atoms with van der Waals surface area (Å²) >= 11 is 0. The van der Waals surface area contributed by atoms with Gasteiger partial charge in [0.1, 0.15) is 11.6 Å². The summed E-state index contributed by atoms with van der Waals surface area (Å²) in [5.41, 5.74) is 6.77. The number of rotatable bonds is 5. The topological polar surface area (TPSA) is 109 Å². The maximum atomic E-state index is 13.8. The molecule has 2 fully saturated rings. The number of carbonyl (C=O) groups is 1. The molecule has 0 radical (unpaired) electrons. The van der Waals surface area contributed by atoms with Crippen LogP contribution in [0, 0.1) is 11.7 Å². The molecule has 0 aliphatic carbocycles. The van der Waals surface area contributed by atoms with Crippen molar-refractivity contribution in [3.05, 3.63) is 47.8 Å². The number of hydrogen-bond acceptors (Lipinski definition) is 6. The van der Waals surface area contributed by atoms with Crippen LogP contribution in [0.3, 0.4) is 0 Å². The van der Waals surface area contributed by atoms with Crippen LogP contribution < -0.4 is 15.4 Å². The Hall–Kier alpha value is -2.56. The molecule has 2 aromatic rings. The quantitative estimate of drug-likeness (QED) is 0.688. The highest BCUT2D eigenvalue weighted by molar-refractivity contribution is 7.87. The molecule has 33 heavy (non-hydrogen) atoms. The Bertz CT molecular complexity index is 1170. The number of nitrogens with two attached hydrogens (primary N) is 1. The zero-order valence-electron chi connectivity index (χ0n) is 19.1. The molecule has 4 rings (SSSR count). The molecule has 2 aliphatic rings. The highest BCUT2D eigenvalue weighted by Gasteiger charge is 2.41. The van der Waals surface area contributed by atoms with Gasteiger partial charge in [-0.3, -0.25) is 4.79 Å². The third-order valence-electron chi connectivity index (χ3n) is 6.93. The smallest absolute Gasteiger partial charge is 0.304 e. The number of amides is 1. The van der Waals surface area contributed by atoms with Crippen molar-refractivity contribution < 1.29 is 17.6 Å². The third-order valence-corrected chi connectivity index (χ3v) is 8.39. The van der Waals surface area contributed by atoms with E-state index in [1.54, 1.807) is 24.3 Å². The Labute approximate surface area is 194 Å². The van der Waals surface area contributed by atoms with Gasteiger partial charge in [0.05, 0.1) is 11.3 Å². The molecule has 178 valence electrons. The van der Waals surface area contributed by atoms with Crippen LogP contribution in [-0.4, -0.2) is 54.8 Å². The van der Waals surface area contributed by atoms with E-state index in [1.165, 1.54) is 16.4 Å². The second-order valence-corrected chi connectivity index (χ2v) is 11.1. The van der Waals surface area contributed by atoms with Crippen molar-refractivity contribution in [3.63, 3.8) is 0 Å². The lowest BCUT2D eigenvalue weighted by molar-refractivity contribution is 0.0979. The van der Waals surface area contributed by atoms with Crippen LogP contribution in [0.1, 0.15) is 44.0 Å². The van der Waals surface area contributed by atoms with Crippen molar-refractivity contribution in [1.29, 1.82) is 0 Å². The number of aromatic nitrogens is 1. The second-order valence-electron chi connectivity index (χ2n) is 9.42. The molecule has 1 aromatic carbocycles. The van der Waals surface area contributed by atoms with E-state index in [0.29, 0.717) is 36.0 Å². The fourth-order valence-corrected chi connectivity index (χ4v) is 5.66. The number of carbonyl (C=O) groups excluding carboxylic acids is 1. The summed E-state index contributed by atoms with van der Waals surface area (Å²) in [5.74, 6) is -0.415. The van der Waals surface area contributed by atoms with Crippen LogP contribution in [-0.2, 0) is 10.2 Å². The van der Waals surface area contributed by atoms with Crippen LogP contribution >= 0.6 is 0 Å². The molecule has 3 N–H and O–H groups in total. The maximum absolute atomic E-state index is 13.8. The Balaban J connectivity index is 1.73. The molecular weight excluding hydrogens is 445 g/mol. The Morgan fingerprint density at radius 2 is 1.97 bits per heavy atom. The lowest BCUT2D eigenvalue weighted by atomic mass is 9.90. The van der Waals surface area contributed by atoms with Crippen molar-refractivity contribution in [3.8, 4) is 11.3 Å². The zero-order valence-corrected chi connectivity index (χ0v) is 19.9. The van der Waals surface area contributed by atoms with Gasteiger partial charge in [0.15, 0.2) is 0 Å². The molecule has 2 atom stereocenters. The number of nitrogens with one attached hydrogen (secondary N) is 1. The van der Waals surface area contributed by atoms with Gasteiger partial charge >= 0.3 is 10.2 Å². The summed E-state index contributed by atoms with van der Waals surface area (Å²) in [6.07, 6.45) is 1.45. The predicted octanol–water partition coefficient (Wildman–Crippen LogP) is 2.52. The van der Waals surface area contributed by atoms with E-state index in [-0.39, 0.29) is 36.1 Å². The van der Waals surface area contributed by atoms with Crippen molar-refractivity contribution >= 4 is 21.9 Å². The van der Waals surface area contributed by atoms with E-state index in [1.807, 2.05) is 4.90 Å². The Morgan fingerprint density at radius 3 is 2.58 bits per heavy atom. The lowest BCUT2D eigenvalue weighted by Gasteiger charge is -2.36. The van der Waals surface area contributed by atoms with Crippen molar-refractivity contribution in [2.24, 2.45) is 11.7 Å². The van der Waals surface area contributed by atoms with Crippen LogP contribution in [0.2, 0.25) is 0 Å². The Morgan fingerprint density at radius 1 is 1.21 bits per heavy atom. The Kier molecular flexibility index (Phi) is 6.19. The summed E-state index contributed by atoms with van der Waals surface area (Å²) in [4.78, 5) is 20.0. The van der Waals surface area contributed by atoms with Crippen molar-refractivity contribution in [2.45, 2.75) is 45.2 Å². The average molecular weight is 476 g/mol. The lowest BCUT2D eigenvalue weighted by Crippen LogP contribution is -2.45. The first kappa shape index (κ1) is 23.6. The third kappa shape index (κ3) is 4.60. The van der Waals surface area contributed by atoms with Crippen LogP contribution in [0.15, 0.2) is 36.4 Å². The number of halogens is 1. The van der Waals surface area contributed by atoms with E-state index in [9.17, 15) is 17.6 Å². The van der Waals surface area contributed by atoms with E-state index < -0.39 is 16.1 Å². The molecule has 1 unspecified atom stereocenters. The standard InChI is InChI=1S/C23H30FN5O3S/c1-15-9-12-29(23(15,2)3)21-19(7-8-20(26-21)16-5-4-6-17(24)13-16)22(30)27-33(31,32)28-11-10-18(25)14-28/h4-8,13,15,18H,9-12,14,25H2,1-3H3,(H,27,30)/t15?,18-/m0/s1.